The van der Waals surface area contributed by atoms with Crippen LogP contribution in [0.15, 0.2) is 17.2 Å². The molecule has 2 rings (SSSR count). The number of nitrogens with zero attached hydrogens (tertiary/aromatic N) is 2. The average molecular weight is 258 g/mol. The van der Waals surface area contributed by atoms with Gasteiger partial charge >= 0.3 is 0 Å². The SMILES string of the molecule is CCn1cc(S(=O)(=O)N2CCCC2)cc1CO. The Bertz CT molecular complexity index is 465. The van der Waals surface area contributed by atoms with Crippen molar-refractivity contribution in [3.05, 3.63) is 18.0 Å². The van der Waals surface area contributed by atoms with E-state index in [0.717, 1.165) is 12.8 Å². The van der Waals surface area contributed by atoms with Gasteiger partial charge in [0.15, 0.2) is 0 Å². The zero-order chi connectivity index (χ0) is 12.5. The Morgan fingerprint density at radius 1 is 1.35 bits per heavy atom. The maximum atomic E-state index is 12.3. The molecule has 96 valence electrons. The molecule has 0 spiro atoms. The van der Waals surface area contributed by atoms with Gasteiger partial charge in [0.1, 0.15) is 4.90 Å². The first-order chi connectivity index (χ1) is 8.09. The number of aryl methyl sites for hydroxylation is 1. The summed E-state index contributed by atoms with van der Waals surface area (Å²) in [5, 5.41) is 9.16. The van der Waals surface area contributed by atoms with Crippen molar-refractivity contribution in [1.82, 2.24) is 8.87 Å². The third kappa shape index (κ3) is 2.25. The molecule has 0 unspecified atom stereocenters. The first-order valence-electron chi connectivity index (χ1n) is 5.89. The summed E-state index contributed by atoms with van der Waals surface area (Å²) < 4.78 is 27.8. The summed E-state index contributed by atoms with van der Waals surface area (Å²) in [5.41, 5.74) is 0.644. The third-order valence-electron chi connectivity index (χ3n) is 3.17. The van der Waals surface area contributed by atoms with Crippen LogP contribution in [-0.4, -0.2) is 35.5 Å². The van der Waals surface area contributed by atoms with Gasteiger partial charge in [-0.15, -0.1) is 0 Å². The Balaban J connectivity index is 2.35. The molecule has 17 heavy (non-hydrogen) atoms. The largest absolute Gasteiger partial charge is 0.390 e. The van der Waals surface area contributed by atoms with Gasteiger partial charge in [0.25, 0.3) is 0 Å². The number of aliphatic hydroxyl groups is 1. The molecule has 6 heteroatoms. The van der Waals surface area contributed by atoms with Gasteiger partial charge in [-0.25, -0.2) is 8.42 Å². The van der Waals surface area contributed by atoms with E-state index in [0.29, 0.717) is 30.2 Å². The zero-order valence-electron chi connectivity index (χ0n) is 9.96. The molecule has 1 N–H and O–H groups in total. The van der Waals surface area contributed by atoms with E-state index in [1.54, 1.807) is 16.8 Å². The van der Waals surface area contributed by atoms with Crippen molar-refractivity contribution < 1.29 is 13.5 Å². The number of aliphatic hydroxyl groups excluding tert-OH is 1. The average Bonchev–Trinajstić information content (AvgIpc) is 2.98. The maximum absolute atomic E-state index is 12.3. The Morgan fingerprint density at radius 2 is 2.00 bits per heavy atom. The highest BCUT2D eigenvalue weighted by Crippen LogP contribution is 2.22. The summed E-state index contributed by atoms with van der Waals surface area (Å²) in [6.45, 7) is 3.66. The van der Waals surface area contributed by atoms with E-state index in [9.17, 15) is 8.42 Å². The van der Waals surface area contributed by atoms with Crippen molar-refractivity contribution in [1.29, 1.82) is 0 Å². The number of sulfonamides is 1. The number of hydrogen-bond donors (Lipinski definition) is 1. The molecule has 5 nitrogen and oxygen atoms in total. The Hall–Kier alpha value is -0.850. The van der Waals surface area contributed by atoms with Gasteiger partial charge in [-0.1, -0.05) is 0 Å². The molecule has 0 aromatic carbocycles. The molecule has 1 aliphatic heterocycles. The zero-order valence-corrected chi connectivity index (χ0v) is 10.8. The third-order valence-corrected chi connectivity index (χ3v) is 5.03. The fraction of sp³-hybridized carbons (Fsp3) is 0.636. The first kappa shape index (κ1) is 12.6. The van der Waals surface area contributed by atoms with E-state index < -0.39 is 10.0 Å². The second-order valence-electron chi connectivity index (χ2n) is 4.22. The van der Waals surface area contributed by atoms with Crippen molar-refractivity contribution in [2.45, 2.75) is 37.8 Å². The maximum Gasteiger partial charge on any atom is 0.244 e. The quantitative estimate of drug-likeness (QED) is 0.868. The fourth-order valence-corrected chi connectivity index (χ4v) is 3.75. The lowest BCUT2D eigenvalue weighted by Gasteiger charge is -2.13. The van der Waals surface area contributed by atoms with Gasteiger partial charge in [0.05, 0.1) is 6.61 Å². The lowest BCUT2D eigenvalue weighted by atomic mass is 10.4. The normalized spacial score (nSPS) is 17.8. The van der Waals surface area contributed by atoms with Crippen molar-refractivity contribution >= 4 is 10.0 Å². The minimum atomic E-state index is -3.36. The second-order valence-corrected chi connectivity index (χ2v) is 6.16. The van der Waals surface area contributed by atoms with Gasteiger partial charge < -0.3 is 9.67 Å². The van der Waals surface area contributed by atoms with E-state index in [4.69, 9.17) is 5.11 Å². The lowest BCUT2D eigenvalue weighted by Crippen LogP contribution is -2.27. The summed E-state index contributed by atoms with van der Waals surface area (Å²) in [7, 11) is -3.36. The molecule has 0 amide bonds. The molecule has 1 aliphatic rings. The summed E-state index contributed by atoms with van der Waals surface area (Å²) >= 11 is 0. The van der Waals surface area contributed by atoms with Gasteiger partial charge in [-0.05, 0) is 25.8 Å². The molecule has 1 aromatic heterocycles. The minimum absolute atomic E-state index is 0.136. The Kier molecular flexibility index (Phi) is 3.56. The summed E-state index contributed by atoms with van der Waals surface area (Å²) in [6.07, 6.45) is 3.47. The first-order valence-corrected chi connectivity index (χ1v) is 7.33. The molecule has 1 aromatic rings. The van der Waals surface area contributed by atoms with Crippen LogP contribution in [0, 0.1) is 0 Å². The van der Waals surface area contributed by atoms with Gasteiger partial charge in [-0.3, -0.25) is 0 Å². The molecular formula is C11H18N2O3S. The van der Waals surface area contributed by atoms with Crippen LogP contribution >= 0.6 is 0 Å². The van der Waals surface area contributed by atoms with Gasteiger partial charge in [-0.2, -0.15) is 4.31 Å². The molecule has 0 atom stereocenters. The second kappa shape index (κ2) is 4.80. The summed E-state index contributed by atoms with van der Waals surface area (Å²) in [5.74, 6) is 0. The molecular weight excluding hydrogens is 240 g/mol. The van der Waals surface area contributed by atoms with Crippen LogP contribution in [0.2, 0.25) is 0 Å². The highest BCUT2D eigenvalue weighted by Gasteiger charge is 2.28. The molecule has 1 saturated heterocycles. The predicted octanol–water partition coefficient (Wildman–Crippen LogP) is 0.785. The van der Waals surface area contributed by atoms with Gasteiger partial charge in [0.2, 0.25) is 10.0 Å². The lowest BCUT2D eigenvalue weighted by molar-refractivity contribution is 0.271. The van der Waals surface area contributed by atoms with Crippen LogP contribution in [0.1, 0.15) is 25.5 Å². The molecule has 0 aliphatic carbocycles. The van der Waals surface area contributed by atoms with E-state index in [1.165, 1.54) is 4.31 Å². The van der Waals surface area contributed by atoms with Crippen molar-refractivity contribution in [2.24, 2.45) is 0 Å². The Morgan fingerprint density at radius 3 is 2.47 bits per heavy atom. The van der Waals surface area contributed by atoms with Crippen LogP contribution in [0.3, 0.4) is 0 Å². The van der Waals surface area contributed by atoms with Crippen LogP contribution < -0.4 is 0 Å². The molecule has 2 heterocycles. The van der Waals surface area contributed by atoms with Crippen molar-refractivity contribution in [3.8, 4) is 0 Å². The van der Waals surface area contributed by atoms with Crippen molar-refractivity contribution in [3.63, 3.8) is 0 Å². The van der Waals surface area contributed by atoms with Crippen molar-refractivity contribution in [2.75, 3.05) is 13.1 Å². The van der Waals surface area contributed by atoms with E-state index in [2.05, 4.69) is 0 Å². The highest BCUT2D eigenvalue weighted by atomic mass is 32.2. The smallest absolute Gasteiger partial charge is 0.244 e. The highest BCUT2D eigenvalue weighted by molar-refractivity contribution is 7.89. The molecule has 0 radical (unpaired) electrons. The minimum Gasteiger partial charge on any atom is -0.390 e. The number of hydrogen-bond acceptors (Lipinski definition) is 3. The predicted molar refractivity (Wildman–Crippen MR) is 64.0 cm³/mol. The summed E-state index contributed by atoms with van der Waals surface area (Å²) in [4.78, 5) is 0.297. The molecule has 1 fully saturated rings. The molecule has 0 bridgehead atoms. The van der Waals surface area contributed by atoms with E-state index in [1.807, 2.05) is 6.92 Å². The standard InChI is InChI=1S/C11H18N2O3S/c1-2-12-8-11(7-10(12)9-14)17(15,16)13-5-3-4-6-13/h7-8,14H,2-6,9H2,1H3. The van der Waals surface area contributed by atoms with E-state index in [-0.39, 0.29) is 6.61 Å². The van der Waals surface area contributed by atoms with Crippen LogP contribution in [0.4, 0.5) is 0 Å². The summed E-state index contributed by atoms with van der Waals surface area (Å²) in [6, 6.07) is 1.57. The number of aromatic nitrogens is 1. The fourth-order valence-electron chi connectivity index (χ4n) is 2.17. The topological polar surface area (TPSA) is 62.5 Å². The van der Waals surface area contributed by atoms with Crippen LogP contribution in [0.25, 0.3) is 0 Å². The molecule has 0 saturated carbocycles. The Labute approximate surface area is 102 Å². The van der Waals surface area contributed by atoms with Gasteiger partial charge in [0, 0.05) is 31.5 Å². The monoisotopic (exact) mass is 258 g/mol. The van der Waals surface area contributed by atoms with Crippen LogP contribution in [0.5, 0.6) is 0 Å². The van der Waals surface area contributed by atoms with E-state index >= 15 is 0 Å². The number of rotatable bonds is 4. The van der Waals surface area contributed by atoms with Crippen LogP contribution in [-0.2, 0) is 23.2 Å².